The van der Waals surface area contributed by atoms with Crippen molar-refractivity contribution in [2.45, 2.75) is 65.9 Å². The predicted molar refractivity (Wildman–Crippen MR) is 117 cm³/mol. The maximum atomic E-state index is 10.3. The van der Waals surface area contributed by atoms with Crippen LogP contribution in [-0.4, -0.2) is 35.4 Å². The first-order valence-corrected chi connectivity index (χ1v) is 9.70. The third kappa shape index (κ3) is 17.9. The van der Waals surface area contributed by atoms with Crippen LogP contribution in [0.15, 0.2) is 24.3 Å². The van der Waals surface area contributed by atoms with Gasteiger partial charge in [0.05, 0.1) is 11.7 Å². The van der Waals surface area contributed by atoms with Gasteiger partial charge < -0.3 is 21.3 Å². The minimum atomic E-state index is -0.931. The molecule has 0 aromatic heterocycles. The first-order valence-electron chi connectivity index (χ1n) is 9.70. The second-order valence-corrected chi connectivity index (χ2v) is 7.57. The van der Waals surface area contributed by atoms with E-state index in [2.05, 4.69) is 26.1 Å². The fourth-order valence-electron chi connectivity index (χ4n) is 2.49. The van der Waals surface area contributed by atoms with Gasteiger partial charge in [0.2, 0.25) is 0 Å². The summed E-state index contributed by atoms with van der Waals surface area (Å²) in [6, 6.07) is 6.06. The Morgan fingerprint density at radius 1 is 1.00 bits per heavy atom. The van der Waals surface area contributed by atoms with Crippen molar-refractivity contribution in [1.29, 1.82) is 0 Å². The topological polar surface area (TPSA) is 95.6 Å². The van der Waals surface area contributed by atoms with Crippen molar-refractivity contribution in [1.82, 2.24) is 5.32 Å². The number of aromatic carboxylic acids is 1. The smallest absolute Gasteiger partial charge is 0.335 e. The number of hydrogen-bond acceptors (Lipinski definition) is 4. The number of hydrogen-bond donors (Lipinski definition) is 4. The summed E-state index contributed by atoms with van der Waals surface area (Å²) >= 11 is 0. The molecule has 0 saturated heterocycles. The van der Waals surface area contributed by atoms with Crippen LogP contribution in [0.3, 0.4) is 0 Å². The maximum Gasteiger partial charge on any atom is 0.335 e. The van der Waals surface area contributed by atoms with Gasteiger partial charge in [0.1, 0.15) is 0 Å². The molecule has 0 spiro atoms. The zero-order chi connectivity index (χ0) is 19.9. The molecule has 2 unspecified atom stereocenters. The lowest BCUT2D eigenvalue weighted by Crippen LogP contribution is -2.28. The molecule has 0 heterocycles. The van der Waals surface area contributed by atoms with Gasteiger partial charge in [0.15, 0.2) is 0 Å². The van der Waals surface area contributed by atoms with E-state index >= 15 is 0 Å². The zero-order valence-corrected chi connectivity index (χ0v) is 18.1. The Morgan fingerprint density at radius 2 is 1.56 bits per heavy atom. The summed E-state index contributed by atoms with van der Waals surface area (Å²) in [5.41, 5.74) is 6.17. The summed E-state index contributed by atoms with van der Waals surface area (Å²) in [6.45, 7) is 10.5. The molecule has 6 heteroatoms. The van der Waals surface area contributed by atoms with Crippen molar-refractivity contribution in [2.24, 2.45) is 11.8 Å². The number of anilines is 1. The third-order valence-corrected chi connectivity index (χ3v) is 4.07. The number of carboxylic acid groups (broad SMARTS) is 1. The Morgan fingerprint density at radius 3 is 2.04 bits per heavy atom. The van der Waals surface area contributed by atoms with Crippen LogP contribution in [0.2, 0.25) is 0 Å². The van der Waals surface area contributed by atoms with Crippen LogP contribution in [0.4, 0.5) is 5.69 Å². The Bertz CT molecular complexity index is 479. The highest BCUT2D eigenvalue weighted by Crippen LogP contribution is 2.12. The lowest BCUT2D eigenvalue weighted by Gasteiger charge is -2.13. The Hall–Kier alpha value is -1.30. The number of nitrogens with one attached hydrogen (secondary N) is 1. The molecule has 1 aromatic carbocycles. The highest BCUT2D eigenvalue weighted by molar-refractivity contribution is 5.87. The van der Waals surface area contributed by atoms with Gasteiger partial charge in [0, 0.05) is 12.2 Å². The van der Waals surface area contributed by atoms with Crippen LogP contribution in [0, 0.1) is 11.8 Å². The Balaban J connectivity index is 0. The van der Waals surface area contributed by atoms with E-state index in [1.807, 2.05) is 6.92 Å². The van der Waals surface area contributed by atoms with Gasteiger partial charge in [0.25, 0.3) is 0 Å². The van der Waals surface area contributed by atoms with E-state index in [1.54, 1.807) is 12.1 Å². The van der Waals surface area contributed by atoms with Gasteiger partial charge in [-0.05, 0) is 56.0 Å². The molecule has 5 N–H and O–H groups in total. The number of rotatable bonds is 11. The van der Waals surface area contributed by atoms with Gasteiger partial charge in [-0.1, -0.05) is 46.5 Å². The predicted octanol–water partition coefficient (Wildman–Crippen LogP) is 4.59. The number of benzene rings is 1. The van der Waals surface area contributed by atoms with Crippen LogP contribution in [0.25, 0.3) is 0 Å². The maximum absolute atomic E-state index is 10.3. The first-order chi connectivity index (χ1) is 12.2. The number of unbranched alkanes of at least 4 members (excludes halogenated alkanes) is 2. The molecule has 158 valence electrons. The van der Waals surface area contributed by atoms with Crippen molar-refractivity contribution in [3.63, 3.8) is 0 Å². The average molecular weight is 403 g/mol. The summed E-state index contributed by atoms with van der Waals surface area (Å²) in [5.74, 6) is 0.655. The van der Waals surface area contributed by atoms with Crippen LogP contribution in [-0.2, 0) is 0 Å². The summed E-state index contributed by atoms with van der Waals surface area (Å²) in [7, 11) is 0. The highest BCUT2D eigenvalue weighted by atomic mass is 35.5. The summed E-state index contributed by atoms with van der Waals surface area (Å²) in [5, 5.41) is 20.8. The number of carbonyl (C=O) groups is 1. The van der Waals surface area contributed by atoms with Gasteiger partial charge in [-0.2, -0.15) is 0 Å². The van der Waals surface area contributed by atoms with Crippen molar-refractivity contribution in [2.75, 3.05) is 18.8 Å². The largest absolute Gasteiger partial charge is 0.478 e. The molecular weight excluding hydrogens is 364 g/mol. The minimum Gasteiger partial charge on any atom is -0.478 e. The summed E-state index contributed by atoms with van der Waals surface area (Å²) in [4.78, 5) is 10.3. The summed E-state index contributed by atoms with van der Waals surface area (Å²) in [6.07, 6.45) is 6.56. The molecule has 0 radical (unpaired) electrons. The molecular formula is C21H39ClN2O3. The van der Waals surface area contributed by atoms with E-state index in [1.165, 1.54) is 44.2 Å². The van der Waals surface area contributed by atoms with Gasteiger partial charge in [-0.15, -0.1) is 12.4 Å². The van der Waals surface area contributed by atoms with E-state index in [9.17, 15) is 4.79 Å². The van der Waals surface area contributed by atoms with Gasteiger partial charge in [-0.3, -0.25) is 0 Å². The van der Waals surface area contributed by atoms with Crippen LogP contribution < -0.4 is 11.1 Å². The lowest BCUT2D eigenvalue weighted by atomic mass is 10.00. The molecule has 0 bridgehead atoms. The number of halogens is 1. The van der Waals surface area contributed by atoms with Crippen LogP contribution in [0.5, 0.6) is 0 Å². The third-order valence-electron chi connectivity index (χ3n) is 4.07. The Labute approximate surface area is 171 Å². The molecule has 0 saturated carbocycles. The number of carboxylic acids is 1. The molecule has 1 aromatic rings. The highest BCUT2D eigenvalue weighted by Gasteiger charge is 2.03. The molecule has 0 fully saturated rings. The fraction of sp³-hybridized carbons (Fsp3) is 0.667. The van der Waals surface area contributed by atoms with Gasteiger partial charge in [-0.25, -0.2) is 4.79 Å². The second kappa shape index (κ2) is 16.8. The number of aliphatic hydroxyl groups excluding tert-OH is 1. The standard InChI is InChI=1S/C14H31NO.C7H7NO2.ClH/c1-12(2)8-6-5-7-9-13(3)10-15-11-14(4)16;8-6-3-1-5(2-4-6)7(9)10;/h12-16H,5-11H2,1-4H3;1-4H,8H2,(H,9,10);1H. The SMILES string of the molecule is CC(C)CCCCCC(C)CNCC(C)O.Cl.Nc1ccc(C(=O)O)cc1. The molecule has 0 amide bonds. The fourth-order valence-corrected chi connectivity index (χ4v) is 2.49. The molecule has 1 rings (SSSR count). The summed E-state index contributed by atoms with van der Waals surface area (Å²) < 4.78 is 0. The van der Waals surface area contributed by atoms with Crippen LogP contribution in [0.1, 0.15) is 70.2 Å². The van der Waals surface area contributed by atoms with Crippen molar-refractivity contribution in [3.05, 3.63) is 29.8 Å². The molecule has 27 heavy (non-hydrogen) atoms. The van der Waals surface area contributed by atoms with Crippen molar-refractivity contribution >= 4 is 24.1 Å². The lowest BCUT2D eigenvalue weighted by molar-refractivity contribution is 0.0697. The quantitative estimate of drug-likeness (QED) is 0.320. The van der Waals surface area contributed by atoms with E-state index in [-0.39, 0.29) is 24.1 Å². The molecule has 2 atom stereocenters. The normalized spacial score (nSPS) is 12.5. The first kappa shape index (κ1) is 27.9. The molecule has 0 aliphatic rings. The Kier molecular flexibility index (Phi) is 17.4. The van der Waals surface area contributed by atoms with Crippen molar-refractivity contribution < 1.29 is 15.0 Å². The van der Waals surface area contributed by atoms with E-state index in [0.717, 1.165) is 24.9 Å². The minimum absolute atomic E-state index is 0. The molecule has 0 aliphatic heterocycles. The molecule has 5 nitrogen and oxygen atoms in total. The van der Waals surface area contributed by atoms with E-state index in [4.69, 9.17) is 15.9 Å². The second-order valence-electron chi connectivity index (χ2n) is 7.57. The molecule has 0 aliphatic carbocycles. The monoisotopic (exact) mass is 402 g/mol. The van der Waals surface area contributed by atoms with Gasteiger partial charge >= 0.3 is 5.97 Å². The number of nitrogens with two attached hydrogens (primary N) is 1. The van der Waals surface area contributed by atoms with E-state index < -0.39 is 5.97 Å². The number of nitrogen functional groups attached to an aromatic ring is 1. The number of aliphatic hydroxyl groups is 1. The average Bonchev–Trinajstić information content (AvgIpc) is 2.55. The zero-order valence-electron chi connectivity index (χ0n) is 17.3. The van der Waals surface area contributed by atoms with E-state index in [0.29, 0.717) is 5.69 Å². The van der Waals surface area contributed by atoms with Crippen LogP contribution >= 0.6 is 12.4 Å². The van der Waals surface area contributed by atoms with Crippen molar-refractivity contribution in [3.8, 4) is 0 Å².